The fourth-order valence-electron chi connectivity index (χ4n) is 4.07. The first-order valence-corrected chi connectivity index (χ1v) is 12.3. The Kier molecular flexibility index (Phi) is 7.11. The number of halogens is 3. The van der Waals surface area contributed by atoms with Crippen molar-refractivity contribution in [2.45, 2.75) is 26.1 Å². The molecule has 8 nitrogen and oxygen atoms in total. The highest BCUT2D eigenvalue weighted by atomic mass is 32.1. The Labute approximate surface area is 226 Å². The molecule has 2 aromatic heterocycles. The third kappa shape index (κ3) is 5.96. The summed E-state index contributed by atoms with van der Waals surface area (Å²) in [5.41, 5.74) is 8.51. The summed E-state index contributed by atoms with van der Waals surface area (Å²) >= 11 is 5.36. The minimum Gasteiger partial charge on any atom is -0.406 e. The van der Waals surface area contributed by atoms with Gasteiger partial charge < -0.3 is 10.1 Å². The molecule has 0 aliphatic rings. The van der Waals surface area contributed by atoms with Crippen LogP contribution in [0.15, 0.2) is 78.3 Å². The molecule has 0 saturated heterocycles. The van der Waals surface area contributed by atoms with E-state index in [0.29, 0.717) is 39.0 Å². The van der Waals surface area contributed by atoms with Crippen LogP contribution in [0.1, 0.15) is 31.0 Å². The first kappa shape index (κ1) is 26.0. The summed E-state index contributed by atoms with van der Waals surface area (Å²) in [5.74, 6) is 0.0387. The van der Waals surface area contributed by atoms with Crippen LogP contribution in [0.4, 0.5) is 18.9 Å². The van der Waals surface area contributed by atoms with Crippen molar-refractivity contribution in [1.82, 2.24) is 24.9 Å². The van der Waals surface area contributed by atoms with Crippen molar-refractivity contribution in [3.63, 3.8) is 0 Å². The van der Waals surface area contributed by atoms with Gasteiger partial charge in [0.2, 0.25) is 0 Å². The van der Waals surface area contributed by atoms with Gasteiger partial charge in [0.15, 0.2) is 5.11 Å². The predicted molar refractivity (Wildman–Crippen MR) is 148 cm³/mol. The van der Waals surface area contributed by atoms with Gasteiger partial charge >= 0.3 is 6.36 Å². The Morgan fingerprint density at radius 2 is 1.79 bits per heavy atom. The lowest BCUT2D eigenvalue weighted by atomic mass is 10.0. The fraction of sp³-hybridized carbons (Fsp3) is 0.148. The summed E-state index contributed by atoms with van der Waals surface area (Å²) in [7, 11) is 0. The summed E-state index contributed by atoms with van der Waals surface area (Å²) in [6.07, 6.45) is -0.0824. The molecular formula is C27H22F3N7OS. The van der Waals surface area contributed by atoms with Crippen LogP contribution >= 0.6 is 12.2 Å². The van der Waals surface area contributed by atoms with Crippen LogP contribution in [0, 0.1) is 0 Å². The number of benzene rings is 3. The maximum Gasteiger partial charge on any atom is 0.573 e. The monoisotopic (exact) mass is 549 g/mol. The van der Waals surface area contributed by atoms with E-state index in [9.17, 15) is 13.2 Å². The van der Waals surface area contributed by atoms with Crippen LogP contribution in [0.2, 0.25) is 0 Å². The van der Waals surface area contributed by atoms with E-state index in [0.717, 1.165) is 16.8 Å². The first-order valence-electron chi connectivity index (χ1n) is 11.9. The molecule has 5 aromatic rings. The van der Waals surface area contributed by atoms with E-state index in [2.05, 4.69) is 49.4 Å². The molecule has 0 atom stereocenters. The Balaban J connectivity index is 1.31. The highest BCUT2D eigenvalue weighted by molar-refractivity contribution is 7.80. The lowest BCUT2D eigenvalue weighted by Crippen LogP contribution is -2.24. The third-order valence-electron chi connectivity index (χ3n) is 5.79. The van der Waals surface area contributed by atoms with Crippen molar-refractivity contribution >= 4 is 51.3 Å². The van der Waals surface area contributed by atoms with E-state index in [1.54, 1.807) is 23.2 Å². The van der Waals surface area contributed by atoms with Crippen LogP contribution in [-0.2, 0) is 0 Å². The second kappa shape index (κ2) is 10.7. The van der Waals surface area contributed by atoms with Gasteiger partial charge in [-0.1, -0.05) is 32.0 Å². The summed E-state index contributed by atoms with van der Waals surface area (Å²) in [5, 5.41) is 7.68. The van der Waals surface area contributed by atoms with Crippen LogP contribution in [-0.4, -0.2) is 37.2 Å². The number of ether oxygens (including phenoxy) is 1. The van der Waals surface area contributed by atoms with Gasteiger partial charge in [-0.25, -0.2) is 15.0 Å². The average molecular weight is 550 g/mol. The molecule has 2 N–H and O–H groups in total. The topological polar surface area (TPSA) is 89.2 Å². The molecule has 0 amide bonds. The van der Waals surface area contributed by atoms with Crippen molar-refractivity contribution in [2.24, 2.45) is 5.10 Å². The van der Waals surface area contributed by atoms with Crippen LogP contribution in [0.5, 0.6) is 5.75 Å². The zero-order valence-electron chi connectivity index (χ0n) is 20.8. The van der Waals surface area contributed by atoms with E-state index in [1.807, 2.05) is 30.3 Å². The van der Waals surface area contributed by atoms with Gasteiger partial charge in [-0.3, -0.25) is 9.99 Å². The minimum atomic E-state index is -4.75. The molecule has 0 aliphatic carbocycles. The number of imidazole rings is 1. The van der Waals surface area contributed by atoms with E-state index >= 15 is 0 Å². The molecule has 0 radical (unpaired) electrons. The van der Waals surface area contributed by atoms with E-state index in [1.165, 1.54) is 30.5 Å². The molecular weight excluding hydrogens is 527 g/mol. The molecule has 0 aliphatic heterocycles. The van der Waals surface area contributed by atoms with Gasteiger partial charge in [-0.15, -0.1) is 13.2 Å². The highest BCUT2D eigenvalue weighted by Crippen LogP contribution is 2.27. The van der Waals surface area contributed by atoms with E-state index in [4.69, 9.17) is 12.2 Å². The highest BCUT2D eigenvalue weighted by Gasteiger charge is 2.31. The number of hydrogen-bond donors (Lipinski definition) is 2. The zero-order chi connectivity index (χ0) is 27.6. The number of para-hydroxylation sites is 1. The van der Waals surface area contributed by atoms with E-state index < -0.39 is 6.36 Å². The van der Waals surface area contributed by atoms with Gasteiger partial charge in [0.25, 0.3) is 0 Å². The summed E-state index contributed by atoms with van der Waals surface area (Å²) < 4.78 is 43.0. The standard InChI is InChI=1S/C27H22F3N7OS/c1-16(2)20-5-3-4-6-21(20)35-26(39)36-33-14-17-13-31-24-22(34-17)11-12-23-25(24)32-15-37(23)18-7-9-19(10-8-18)38-27(28,29)30/h3-16H,1-2H3,(H2,35,36,39). The maximum atomic E-state index is 12.5. The zero-order valence-corrected chi connectivity index (χ0v) is 21.6. The number of alkyl halides is 3. The minimum absolute atomic E-state index is 0.299. The number of rotatable bonds is 6. The summed E-state index contributed by atoms with van der Waals surface area (Å²) in [6.45, 7) is 4.22. The van der Waals surface area contributed by atoms with Crippen LogP contribution < -0.4 is 15.5 Å². The number of hydrazone groups is 1. The molecule has 0 spiro atoms. The molecule has 0 fully saturated rings. The number of thiocarbonyl (C=S) groups is 1. The number of anilines is 1. The lowest BCUT2D eigenvalue weighted by molar-refractivity contribution is -0.274. The SMILES string of the molecule is CC(C)c1ccccc1NC(=S)NN=Cc1cnc2c(ccc3c2ncn3-c2ccc(OC(F)(F)F)cc2)n1. The fourth-order valence-corrected chi connectivity index (χ4v) is 4.23. The van der Waals surface area contributed by atoms with Gasteiger partial charge in [0.1, 0.15) is 28.8 Å². The van der Waals surface area contributed by atoms with Gasteiger partial charge in [0.05, 0.1) is 23.4 Å². The van der Waals surface area contributed by atoms with Crippen molar-refractivity contribution < 1.29 is 17.9 Å². The van der Waals surface area contributed by atoms with Crippen molar-refractivity contribution in [3.8, 4) is 11.4 Å². The number of fused-ring (bicyclic) bond motifs is 3. The molecule has 3 aromatic carbocycles. The molecule has 5 rings (SSSR count). The molecule has 0 bridgehead atoms. The molecule has 12 heteroatoms. The van der Waals surface area contributed by atoms with Crippen LogP contribution in [0.25, 0.3) is 27.8 Å². The first-order chi connectivity index (χ1) is 18.7. The second-order valence-corrected chi connectivity index (χ2v) is 9.23. The average Bonchev–Trinajstić information content (AvgIpc) is 3.33. The Morgan fingerprint density at radius 3 is 2.54 bits per heavy atom. The predicted octanol–water partition coefficient (Wildman–Crippen LogP) is 6.31. The van der Waals surface area contributed by atoms with Crippen molar-refractivity contribution in [3.05, 3.63) is 84.4 Å². The number of nitrogens with zero attached hydrogens (tertiary/aromatic N) is 5. The third-order valence-corrected chi connectivity index (χ3v) is 5.98. The molecule has 198 valence electrons. The number of hydrogen-bond acceptors (Lipinski definition) is 6. The summed E-state index contributed by atoms with van der Waals surface area (Å²) in [6, 6.07) is 17.1. The smallest absolute Gasteiger partial charge is 0.406 e. The van der Waals surface area contributed by atoms with E-state index in [-0.39, 0.29) is 5.75 Å². The van der Waals surface area contributed by atoms with Crippen LogP contribution in [0.3, 0.4) is 0 Å². The molecule has 0 unspecified atom stereocenters. The van der Waals surface area contributed by atoms with Gasteiger partial charge in [-0.2, -0.15) is 5.10 Å². The van der Waals surface area contributed by atoms with Crippen molar-refractivity contribution in [1.29, 1.82) is 0 Å². The molecule has 2 heterocycles. The lowest BCUT2D eigenvalue weighted by Gasteiger charge is -2.14. The molecule has 39 heavy (non-hydrogen) atoms. The Hall–Kier alpha value is -4.58. The number of nitrogens with one attached hydrogen (secondary N) is 2. The van der Waals surface area contributed by atoms with Gasteiger partial charge in [-0.05, 0) is 66.2 Å². The normalized spacial score (nSPS) is 11.9. The quantitative estimate of drug-likeness (QED) is 0.146. The summed E-state index contributed by atoms with van der Waals surface area (Å²) in [4.78, 5) is 13.6. The second-order valence-electron chi connectivity index (χ2n) is 8.82. The maximum absolute atomic E-state index is 12.5. The largest absolute Gasteiger partial charge is 0.573 e. The van der Waals surface area contributed by atoms with Crippen molar-refractivity contribution in [2.75, 3.05) is 5.32 Å². The van der Waals surface area contributed by atoms with Gasteiger partial charge in [0, 0.05) is 11.4 Å². The number of aromatic nitrogens is 4. The Bertz CT molecular complexity index is 1680. The Morgan fingerprint density at radius 1 is 1.03 bits per heavy atom. The molecule has 0 saturated carbocycles.